The molecule has 0 radical (unpaired) electrons. The second-order valence-electron chi connectivity index (χ2n) is 4.20. The van der Waals surface area contributed by atoms with Gasteiger partial charge in [-0.25, -0.2) is 12.8 Å². The molecule has 0 amide bonds. The number of hydrogen-bond donors (Lipinski definition) is 1. The molecule has 0 heterocycles. The molecule has 20 heavy (non-hydrogen) atoms. The van der Waals surface area contributed by atoms with Crippen molar-refractivity contribution in [2.75, 3.05) is 4.72 Å². The van der Waals surface area contributed by atoms with Crippen molar-refractivity contribution in [1.82, 2.24) is 0 Å². The van der Waals surface area contributed by atoms with Crippen LogP contribution < -0.4 is 4.72 Å². The molecule has 0 aliphatic heterocycles. The second kappa shape index (κ2) is 5.31. The Morgan fingerprint density at radius 3 is 2.65 bits per heavy atom. The van der Waals surface area contributed by atoms with Crippen molar-refractivity contribution in [1.29, 1.82) is 5.26 Å². The van der Waals surface area contributed by atoms with E-state index in [4.69, 9.17) is 5.26 Å². The predicted octanol–water partition coefficient (Wildman–Crippen LogP) is 2.81. The maximum absolute atomic E-state index is 13.2. The first kappa shape index (κ1) is 14.0. The summed E-state index contributed by atoms with van der Waals surface area (Å²) in [6, 6.07) is 11.3. The van der Waals surface area contributed by atoms with Gasteiger partial charge in [0.15, 0.2) is 0 Å². The van der Waals surface area contributed by atoms with Gasteiger partial charge in [0.25, 0.3) is 10.0 Å². The van der Waals surface area contributed by atoms with Crippen molar-refractivity contribution in [3.8, 4) is 6.07 Å². The van der Waals surface area contributed by atoms with E-state index in [0.29, 0.717) is 5.56 Å². The zero-order chi connectivity index (χ0) is 14.8. The minimum Gasteiger partial charge on any atom is -0.279 e. The van der Waals surface area contributed by atoms with Crippen molar-refractivity contribution in [3.05, 3.63) is 59.4 Å². The molecule has 0 unspecified atom stereocenters. The molecule has 2 aromatic carbocycles. The average molecular weight is 290 g/mol. The van der Waals surface area contributed by atoms with Crippen LogP contribution in [-0.4, -0.2) is 8.42 Å². The molecule has 0 atom stereocenters. The number of anilines is 1. The molecule has 0 aliphatic carbocycles. The molecule has 0 aromatic heterocycles. The molecular formula is C14H11FN2O2S. The van der Waals surface area contributed by atoms with Gasteiger partial charge in [0, 0.05) is 0 Å². The highest BCUT2D eigenvalue weighted by molar-refractivity contribution is 7.92. The monoisotopic (exact) mass is 290 g/mol. The quantitative estimate of drug-likeness (QED) is 0.945. The Bertz CT molecular complexity index is 795. The first-order valence-electron chi connectivity index (χ1n) is 5.71. The standard InChI is InChI=1S/C14H11FN2O2S/c1-10-5-6-12(15)8-14(10)17-20(18,19)13-4-2-3-11(7-13)9-16/h2-8,17H,1H3. The van der Waals surface area contributed by atoms with Crippen LogP contribution in [-0.2, 0) is 10.0 Å². The molecule has 0 spiro atoms. The van der Waals surface area contributed by atoms with E-state index >= 15 is 0 Å². The first-order chi connectivity index (χ1) is 9.42. The summed E-state index contributed by atoms with van der Waals surface area (Å²) in [5.41, 5.74) is 1.02. The van der Waals surface area contributed by atoms with Crippen LogP contribution in [0.25, 0.3) is 0 Å². The first-order valence-corrected chi connectivity index (χ1v) is 7.20. The van der Waals surface area contributed by atoms with Crippen LogP contribution in [0.1, 0.15) is 11.1 Å². The minimum absolute atomic E-state index is 0.0415. The number of nitrogens with zero attached hydrogens (tertiary/aromatic N) is 1. The topological polar surface area (TPSA) is 70.0 Å². The number of nitrogens with one attached hydrogen (secondary N) is 1. The molecule has 4 nitrogen and oxygen atoms in total. The molecule has 2 rings (SSSR count). The van der Waals surface area contributed by atoms with E-state index in [0.717, 1.165) is 6.07 Å². The minimum atomic E-state index is -3.85. The van der Waals surface area contributed by atoms with Gasteiger partial charge in [0.05, 0.1) is 22.2 Å². The van der Waals surface area contributed by atoms with Crippen LogP contribution in [0.3, 0.4) is 0 Å². The molecule has 0 saturated carbocycles. The summed E-state index contributed by atoms with van der Waals surface area (Å²) in [5.74, 6) is -0.529. The maximum atomic E-state index is 13.2. The normalized spacial score (nSPS) is 10.8. The molecule has 6 heteroatoms. The Morgan fingerprint density at radius 2 is 1.95 bits per heavy atom. The molecule has 102 valence electrons. The van der Waals surface area contributed by atoms with Gasteiger partial charge in [-0.1, -0.05) is 12.1 Å². The lowest BCUT2D eigenvalue weighted by Gasteiger charge is -2.10. The fourth-order valence-electron chi connectivity index (χ4n) is 1.64. The van der Waals surface area contributed by atoms with Gasteiger partial charge in [-0.15, -0.1) is 0 Å². The third-order valence-corrected chi connectivity index (χ3v) is 4.08. The zero-order valence-corrected chi connectivity index (χ0v) is 11.4. The van der Waals surface area contributed by atoms with Crippen LogP contribution in [0.2, 0.25) is 0 Å². The highest BCUT2D eigenvalue weighted by Crippen LogP contribution is 2.21. The lowest BCUT2D eigenvalue weighted by Crippen LogP contribution is -2.14. The molecular weight excluding hydrogens is 279 g/mol. The van der Waals surface area contributed by atoms with E-state index in [1.165, 1.54) is 36.4 Å². The van der Waals surface area contributed by atoms with Gasteiger partial charge in [-0.05, 0) is 42.8 Å². The highest BCUT2D eigenvalue weighted by atomic mass is 32.2. The van der Waals surface area contributed by atoms with E-state index in [9.17, 15) is 12.8 Å². The Kier molecular flexibility index (Phi) is 3.72. The van der Waals surface area contributed by atoms with E-state index in [1.54, 1.807) is 6.92 Å². The third-order valence-electron chi connectivity index (χ3n) is 2.72. The second-order valence-corrected chi connectivity index (χ2v) is 5.89. The summed E-state index contributed by atoms with van der Waals surface area (Å²) in [4.78, 5) is -0.0415. The molecule has 1 N–H and O–H groups in total. The SMILES string of the molecule is Cc1ccc(F)cc1NS(=O)(=O)c1cccc(C#N)c1. The van der Waals surface area contributed by atoms with Gasteiger partial charge >= 0.3 is 0 Å². The number of halogens is 1. The third kappa shape index (κ3) is 2.95. The van der Waals surface area contributed by atoms with Gasteiger partial charge < -0.3 is 0 Å². The fraction of sp³-hybridized carbons (Fsp3) is 0.0714. The maximum Gasteiger partial charge on any atom is 0.261 e. The summed E-state index contributed by atoms with van der Waals surface area (Å²) in [7, 11) is -3.85. The van der Waals surface area contributed by atoms with Gasteiger partial charge in [-0.2, -0.15) is 5.26 Å². The number of hydrogen-bond acceptors (Lipinski definition) is 3. The number of nitriles is 1. The predicted molar refractivity (Wildman–Crippen MR) is 73.1 cm³/mol. The number of benzene rings is 2. The van der Waals surface area contributed by atoms with Crippen molar-refractivity contribution in [3.63, 3.8) is 0 Å². The van der Waals surface area contributed by atoms with Crippen molar-refractivity contribution in [2.24, 2.45) is 0 Å². The summed E-state index contributed by atoms with van der Waals surface area (Å²) >= 11 is 0. The van der Waals surface area contributed by atoms with Gasteiger partial charge in [0.2, 0.25) is 0 Å². The van der Waals surface area contributed by atoms with Crippen LogP contribution >= 0.6 is 0 Å². The molecule has 0 saturated heterocycles. The highest BCUT2D eigenvalue weighted by Gasteiger charge is 2.16. The van der Waals surface area contributed by atoms with E-state index < -0.39 is 15.8 Å². The van der Waals surface area contributed by atoms with Gasteiger partial charge in [-0.3, -0.25) is 4.72 Å². The van der Waals surface area contributed by atoms with Crippen LogP contribution in [0.4, 0.5) is 10.1 Å². The Hall–Kier alpha value is -2.39. The van der Waals surface area contributed by atoms with E-state index in [1.807, 2.05) is 6.07 Å². The van der Waals surface area contributed by atoms with Crippen molar-refractivity contribution < 1.29 is 12.8 Å². The number of aryl methyl sites for hydroxylation is 1. The lowest BCUT2D eigenvalue weighted by atomic mass is 10.2. The average Bonchev–Trinajstić information content (AvgIpc) is 2.43. The lowest BCUT2D eigenvalue weighted by molar-refractivity contribution is 0.601. The molecule has 0 aliphatic rings. The summed E-state index contributed by atoms with van der Waals surface area (Å²) in [6.45, 7) is 1.67. The Morgan fingerprint density at radius 1 is 1.20 bits per heavy atom. The Labute approximate surface area is 116 Å². The van der Waals surface area contributed by atoms with Crippen LogP contribution in [0.5, 0.6) is 0 Å². The molecule has 0 bridgehead atoms. The largest absolute Gasteiger partial charge is 0.279 e. The summed E-state index contributed by atoms with van der Waals surface area (Å²) in [5, 5.41) is 8.78. The van der Waals surface area contributed by atoms with E-state index in [2.05, 4.69) is 4.72 Å². The van der Waals surface area contributed by atoms with Crippen molar-refractivity contribution >= 4 is 15.7 Å². The molecule has 2 aromatic rings. The number of rotatable bonds is 3. The zero-order valence-electron chi connectivity index (χ0n) is 10.6. The summed E-state index contributed by atoms with van der Waals surface area (Å²) in [6.07, 6.45) is 0. The van der Waals surface area contributed by atoms with Crippen LogP contribution in [0.15, 0.2) is 47.4 Å². The van der Waals surface area contributed by atoms with Crippen LogP contribution in [0, 0.1) is 24.1 Å². The van der Waals surface area contributed by atoms with E-state index in [-0.39, 0.29) is 16.1 Å². The number of sulfonamides is 1. The molecule has 0 fully saturated rings. The fourth-order valence-corrected chi connectivity index (χ4v) is 2.81. The van der Waals surface area contributed by atoms with Gasteiger partial charge in [0.1, 0.15) is 5.82 Å². The van der Waals surface area contributed by atoms with Crippen molar-refractivity contribution in [2.45, 2.75) is 11.8 Å². The smallest absolute Gasteiger partial charge is 0.261 e. The summed E-state index contributed by atoms with van der Waals surface area (Å²) < 4.78 is 39.9. The Balaban J connectivity index is 2.41.